The highest BCUT2D eigenvalue weighted by Gasteiger charge is 2.44. The van der Waals surface area contributed by atoms with Crippen molar-refractivity contribution in [3.8, 4) is 0 Å². The van der Waals surface area contributed by atoms with Gasteiger partial charge in [0.2, 0.25) is 11.8 Å². The van der Waals surface area contributed by atoms with Gasteiger partial charge >= 0.3 is 0 Å². The largest absolute Gasteiger partial charge is 0.357 e. The Balaban J connectivity index is 1.50. The first-order valence-electron chi connectivity index (χ1n) is 9.14. The van der Waals surface area contributed by atoms with Crippen molar-refractivity contribution >= 4 is 40.1 Å². The molecule has 1 aromatic heterocycles. The van der Waals surface area contributed by atoms with Gasteiger partial charge in [0.05, 0.1) is 16.8 Å². The number of thiazole rings is 1. The zero-order chi connectivity index (χ0) is 20.7. The van der Waals surface area contributed by atoms with Gasteiger partial charge in [0.1, 0.15) is 6.04 Å². The summed E-state index contributed by atoms with van der Waals surface area (Å²) in [5.74, 6) is -2.05. The molecular weight excluding hydrogens is 394 g/mol. The number of carbonyl (C=O) groups excluding carboxylic acids is 4. The van der Waals surface area contributed by atoms with Crippen molar-refractivity contribution in [3.63, 3.8) is 0 Å². The Labute approximate surface area is 170 Å². The van der Waals surface area contributed by atoms with Crippen molar-refractivity contribution in [3.05, 3.63) is 46.0 Å². The summed E-state index contributed by atoms with van der Waals surface area (Å²) in [5, 5.41) is 7.96. The summed E-state index contributed by atoms with van der Waals surface area (Å²) in [5.41, 5.74) is 7.93. The van der Waals surface area contributed by atoms with Gasteiger partial charge in [0, 0.05) is 24.4 Å². The number of nitrogens with two attached hydrogens (primary N) is 1. The number of anilines is 1. The molecule has 1 unspecified atom stereocenters. The van der Waals surface area contributed by atoms with Crippen LogP contribution in [0.25, 0.3) is 0 Å². The van der Waals surface area contributed by atoms with Crippen LogP contribution in [0.2, 0.25) is 0 Å². The molecule has 2 aromatic rings. The van der Waals surface area contributed by atoms with Crippen LogP contribution < -0.4 is 16.4 Å². The predicted molar refractivity (Wildman–Crippen MR) is 105 cm³/mol. The molecule has 29 heavy (non-hydrogen) atoms. The number of amides is 4. The maximum Gasteiger partial charge on any atom is 0.262 e. The molecule has 2 aliphatic heterocycles. The minimum absolute atomic E-state index is 0.0935. The zero-order valence-corrected chi connectivity index (χ0v) is 16.4. The lowest BCUT2D eigenvalue weighted by atomic mass is 10.0. The molecule has 0 spiro atoms. The second-order valence-electron chi connectivity index (χ2n) is 7.05. The molecule has 4 N–H and O–H groups in total. The van der Waals surface area contributed by atoms with Crippen molar-refractivity contribution in [2.24, 2.45) is 5.73 Å². The molecule has 0 bridgehead atoms. The maximum atomic E-state index is 12.8. The number of benzene rings is 1. The second kappa shape index (κ2) is 7.37. The van der Waals surface area contributed by atoms with Gasteiger partial charge in [-0.2, -0.15) is 0 Å². The van der Waals surface area contributed by atoms with E-state index in [4.69, 9.17) is 5.73 Å². The fourth-order valence-electron chi connectivity index (χ4n) is 3.38. The van der Waals surface area contributed by atoms with E-state index >= 15 is 0 Å². The quantitative estimate of drug-likeness (QED) is 0.627. The molecule has 1 aromatic carbocycles. The Morgan fingerprint density at radius 2 is 2.03 bits per heavy atom. The van der Waals surface area contributed by atoms with E-state index in [-0.39, 0.29) is 30.0 Å². The number of nitrogens with one attached hydrogen (secondary N) is 2. The standard InChI is InChI=1S/C19H19N5O4S/c1-9(20)13-8-29-19(22-13)21-7-10-2-3-11-12(6-10)18(28)24(17(11)27)14-4-5-15(25)23-16(14)26/h2-3,6,8-9,14H,4-5,7,20H2,1H3,(H,21,22)(H,23,25,26)/t9-,14?/m1/s1. The summed E-state index contributed by atoms with van der Waals surface area (Å²) < 4.78 is 0. The fraction of sp³-hybridized carbons (Fsp3) is 0.316. The van der Waals surface area contributed by atoms with Crippen molar-refractivity contribution in [2.45, 2.75) is 38.4 Å². The summed E-state index contributed by atoms with van der Waals surface area (Å²) in [6.45, 7) is 2.27. The van der Waals surface area contributed by atoms with Gasteiger partial charge in [-0.1, -0.05) is 6.07 Å². The van der Waals surface area contributed by atoms with Gasteiger partial charge in [0.25, 0.3) is 11.8 Å². The smallest absolute Gasteiger partial charge is 0.262 e. The third kappa shape index (κ3) is 3.52. The first-order valence-corrected chi connectivity index (χ1v) is 10.0. The van der Waals surface area contributed by atoms with Gasteiger partial charge in [-0.3, -0.25) is 29.4 Å². The van der Waals surface area contributed by atoms with Gasteiger partial charge in [-0.25, -0.2) is 4.98 Å². The molecule has 4 amide bonds. The molecule has 3 heterocycles. The van der Waals surface area contributed by atoms with E-state index in [1.165, 1.54) is 11.3 Å². The highest BCUT2D eigenvalue weighted by atomic mass is 32.1. The number of imide groups is 2. The first-order chi connectivity index (χ1) is 13.8. The molecule has 0 saturated carbocycles. The third-order valence-corrected chi connectivity index (χ3v) is 5.75. The molecule has 2 aliphatic rings. The number of hydrogen-bond donors (Lipinski definition) is 3. The van der Waals surface area contributed by atoms with E-state index in [9.17, 15) is 19.2 Å². The average Bonchev–Trinajstić information content (AvgIpc) is 3.25. The number of piperidine rings is 1. The number of fused-ring (bicyclic) bond motifs is 1. The molecule has 4 rings (SSSR count). The summed E-state index contributed by atoms with van der Waals surface area (Å²) in [7, 11) is 0. The third-order valence-electron chi connectivity index (χ3n) is 4.94. The molecule has 1 saturated heterocycles. The summed E-state index contributed by atoms with van der Waals surface area (Å²) in [4.78, 5) is 54.3. The minimum Gasteiger partial charge on any atom is -0.357 e. The SMILES string of the molecule is C[C@@H](N)c1csc(NCc2ccc3c(c2)C(=O)N(C2CCC(=O)NC2=O)C3=O)n1. The Morgan fingerprint density at radius 3 is 2.72 bits per heavy atom. The average molecular weight is 413 g/mol. The van der Waals surface area contributed by atoms with E-state index in [0.29, 0.717) is 11.7 Å². The van der Waals surface area contributed by atoms with Crippen LogP contribution in [0, 0.1) is 0 Å². The van der Waals surface area contributed by atoms with E-state index in [2.05, 4.69) is 15.6 Å². The maximum absolute atomic E-state index is 12.8. The molecule has 10 heteroatoms. The molecule has 1 fully saturated rings. The fourth-order valence-corrected chi connectivity index (χ4v) is 4.20. The topological polar surface area (TPSA) is 134 Å². The molecule has 2 atom stereocenters. The first kappa shape index (κ1) is 19.2. The minimum atomic E-state index is -0.964. The Morgan fingerprint density at radius 1 is 1.28 bits per heavy atom. The van der Waals surface area contributed by atoms with E-state index in [0.717, 1.165) is 16.2 Å². The summed E-state index contributed by atoms with van der Waals surface area (Å²) in [6.07, 6.45) is 0.229. The Hall–Kier alpha value is -3.11. The van der Waals surface area contributed by atoms with Crippen molar-refractivity contribution in [1.29, 1.82) is 0 Å². The highest BCUT2D eigenvalue weighted by molar-refractivity contribution is 7.13. The van der Waals surface area contributed by atoms with Crippen LogP contribution in [-0.2, 0) is 16.1 Å². The summed E-state index contributed by atoms with van der Waals surface area (Å²) in [6, 6.07) is 3.88. The molecule has 9 nitrogen and oxygen atoms in total. The molecular formula is C19H19N5O4S. The Bertz CT molecular complexity index is 1030. The number of hydrogen-bond acceptors (Lipinski definition) is 8. The summed E-state index contributed by atoms with van der Waals surface area (Å²) >= 11 is 1.44. The van der Waals surface area contributed by atoms with Crippen LogP contribution in [-0.4, -0.2) is 39.6 Å². The normalized spacial score (nSPS) is 19.9. The van der Waals surface area contributed by atoms with Gasteiger partial charge < -0.3 is 11.1 Å². The lowest BCUT2D eigenvalue weighted by Gasteiger charge is -2.27. The van der Waals surface area contributed by atoms with Crippen molar-refractivity contribution in [1.82, 2.24) is 15.2 Å². The van der Waals surface area contributed by atoms with Gasteiger partial charge in [0.15, 0.2) is 5.13 Å². The second-order valence-corrected chi connectivity index (χ2v) is 7.90. The van der Waals surface area contributed by atoms with Crippen LogP contribution in [0.3, 0.4) is 0 Å². The van der Waals surface area contributed by atoms with Crippen LogP contribution in [0.5, 0.6) is 0 Å². The molecule has 0 aliphatic carbocycles. The lowest BCUT2D eigenvalue weighted by Crippen LogP contribution is -2.54. The van der Waals surface area contributed by atoms with E-state index < -0.39 is 29.7 Å². The number of rotatable bonds is 5. The van der Waals surface area contributed by atoms with E-state index in [1.54, 1.807) is 18.2 Å². The van der Waals surface area contributed by atoms with Gasteiger partial charge in [-0.05, 0) is 31.0 Å². The predicted octanol–water partition coefficient (Wildman–Crippen LogP) is 1.18. The highest BCUT2D eigenvalue weighted by Crippen LogP contribution is 2.28. The van der Waals surface area contributed by atoms with Crippen molar-refractivity contribution in [2.75, 3.05) is 5.32 Å². The Kier molecular flexibility index (Phi) is 4.89. The number of aromatic nitrogens is 1. The molecule has 150 valence electrons. The monoisotopic (exact) mass is 413 g/mol. The van der Waals surface area contributed by atoms with E-state index in [1.807, 2.05) is 12.3 Å². The van der Waals surface area contributed by atoms with Crippen LogP contribution in [0.15, 0.2) is 23.6 Å². The van der Waals surface area contributed by atoms with Gasteiger partial charge in [-0.15, -0.1) is 11.3 Å². The molecule has 0 radical (unpaired) electrons. The number of nitrogens with zero attached hydrogens (tertiary/aromatic N) is 2. The number of carbonyl (C=O) groups is 4. The lowest BCUT2D eigenvalue weighted by molar-refractivity contribution is -0.136. The van der Waals surface area contributed by atoms with Crippen LogP contribution in [0.4, 0.5) is 5.13 Å². The van der Waals surface area contributed by atoms with Crippen LogP contribution >= 0.6 is 11.3 Å². The van der Waals surface area contributed by atoms with Crippen molar-refractivity contribution < 1.29 is 19.2 Å². The van der Waals surface area contributed by atoms with Crippen LogP contribution in [0.1, 0.15) is 57.8 Å². The zero-order valence-electron chi connectivity index (χ0n) is 15.6.